The molecule has 0 bridgehead atoms. The number of ether oxygens (including phenoxy) is 1. The van der Waals surface area contributed by atoms with Gasteiger partial charge in [-0.25, -0.2) is 4.98 Å². The maximum Gasteiger partial charge on any atom is 0.147 e. The quantitative estimate of drug-likeness (QED) is 0.834. The van der Waals surface area contributed by atoms with Crippen LogP contribution in [0.25, 0.3) is 0 Å². The second-order valence-corrected chi connectivity index (χ2v) is 6.26. The van der Waals surface area contributed by atoms with Crippen molar-refractivity contribution in [2.24, 2.45) is 0 Å². The van der Waals surface area contributed by atoms with Crippen LogP contribution in [-0.2, 0) is 4.74 Å². The fraction of sp³-hybridized carbons (Fsp3) is 0.647. The van der Waals surface area contributed by atoms with Crippen LogP contribution in [-0.4, -0.2) is 55.3 Å². The lowest BCUT2D eigenvalue weighted by Gasteiger charge is -2.40. The van der Waals surface area contributed by atoms with Crippen LogP contribution in [0, 0.1) is 25.2 Å². The van der Waals surface area contributed by atoms with Crippen molar-refractivity contribution in [2.45, 2.75) is 32.7 Å². The Morgan fingerprint density at radius 2 is 1.86 bits per heavy atom. The highest BCUT2D eigenvalue weighted by Crippen LogP contribution is 2.26. The summed E-state index contributed by atoms with van der Waals surface area (Å²) < 4.78 is 5.44. The standard InChI is InChI=1S/C17H24N4O/c1-13-11-14(2)19-17(16(13)12-18)21-5-3-15(4-6-21)20-7-9-22-10-8-20/h11,15H,3-10H2,1-2H3. The SMILES string of the molecule is Cc1cc(C)c(C#N)c(N2CCC(N3CCOCC3)CC2)n1. The Balaban J connectivity index is 1.70. The van der Waals surface area contributed by atoms with Crippen LogP contribution in [0.5, 0.6) is 0 Å². The van der Waals surface area contributed by atoms with Crippen LogP contribution in [0.3, 0.4) is 0 Å². The van der Waals surface area contributed by atoms with Crippen molar-refractivity contribution in [2.75, 3.05) is 44.3 Å². The van der Waals surface area contributed by atoms with Gasteiger partial charge in [-0.1, -0.05) is 0 Å². The van der Waals surface area contributed by atoms with Gasteiger partial charge in [0.25, 0.3) is 0 Å². The number of hydrogen-bond acceptors (Lipinski definition) is 5. The predicted octanol–water partition coefficient (Wildman–Crippen LogP) is 1.87. The first-order chi connectivity index (χ1) is 10.7. The minimum atomic E-state index is 0.650. The largest absolute Gasteiger partial charge is 0.379 e. The first kappa shape index (κ1) is 15.3. The molecule has 0 atom stereocenters. The summed E-state index contributed by atoms with van der Waals surface area (Å²) in [6.07, 6.45) is 2.28. The molecule has 0 N–H and O–H groups in total. The smallest absolute Gasteiger partial charge is 0.147 e. The van der Waals surface area contributed by atoms with Gasteiger partial charge in [-0.05, 0) is 38.3 Å². The summed E-state index contributed by atoms with van der Waals surface area (Å²) in [5.74, 6) is 0.875. The summed E-state index contributed by atoms with van der Waals surface area (Å²) in [5, 5.41) is 9.44. The van der Waals surface area contributed by atoms with Crippen LogP contribution in [0.2, 0.25) is 0 Å². The molecule has 0 radical (unpaired) electrons. The van der Waals surface area contributed by atoms with Crippen molar-refractivity contribution in [3.8, 4) is 6.07 Å². The normalized spacial score (nSPS) is 20.9. The lowest BCUT2D eigenvalue weighted by atomic mass is 10.0. The maximum atomic E-state index is 9.44. The van der Waals surface area contributed by atoms with Crippen molar-refractivity contribution in [3.63, 3.8) is 0 Å². The molecular formula is C17H24N4O. The predicted molar refractivity (Wildman–Crippen MR) is 86.1 cm³/mol. The molecule has 22 heavy (non-hydrogen) atoms. The summed E-state index contributed by atoms with van der Waals surface area (Å²) >= 11 is 0. The molecule has 2 saturated heterocycles. The van der Waals surface area contributed by atoms with Crippen molar-refractivity contribution >= 4 is 5.82 Å². The van der Waals surface area contributed by atoms with Crippen LogP contribution >= 0.6 is 0 Å². The van der Waals surface area contributed by atoms with Crippen molar-refractivity contribution in [1.82, 2.24) is 9.88 Å². The van der Waals surface area contributed by atoms with E-state index in [0.717, 1.165) is 74.9 Å². The third kappa shape index (κ3) is 3.08. The molecule has 0 saturated carbocycles. The summed E-state index contributed by atoms with van der Waals surface area (Å²) in [7, 11) is 0. The number of piperidine rings is 1. The van der Waals surface area contributed by atoms with Gasteiger partial charge in [0.2, 0.25) is 0 Å². The van der Waals surface area contributed by atoms with Crippen LogP contribution in [0.1, 0.15) is 29.7 Å². The van der Waals surface area contributed by atoms with Crippen molar-refractivity contribution in [1.29, 1.82) is 5.26 Å². The zero-order valence-corrected chi connectivity index (χ0v) is 13.5. The van der Waals surface area contributed by atoms with E-state index in [-0.39, 0.29) is 0 Å². The minimum absolute atomic E-state index is 0.650. The second kappa shape index (κ2) is 6.64. The lowest BCUT2D eigenvalue weighted by molar-refractivity contribution is 0.0114. The molecular weight excluding hydrogens is 276 g/mol. The van der Waals surface area contributed by atoms with E-state index in [4.69, 9.17) is 4.74 Å². The van der Waals surface area contributed by atoms with Crippen LogP contribution in [0.4, 0.5) is 5.82 Å². The third-order valence-corrected chi connectivity index (χ3v) is 4.76. The van der Waals surface area contributed by atoms with Gasteiger partial charge in [0, 0.05) is 37.9 Å². The molecule has 3 rings (SSSR count). The number of nitriles is 1. The van der Waals surface area contributed by atoms with E-state index in [0.29, 0.717) is 6.04 Å². The highest BCUT2D eigenvalue weighted by molar-refractivity contribution is 5.58. The Kier molecular flexibility index (Phi) is 4.60. The Morgan fingerprint density at radius 3 is 2.50 bits per heavy atom. The van der Waals surface area contributed by atoms with Gasteiger partial charge < -0.3 is 9.64 Å². The molecule has 0 amide bonds. The Labute approximate surface area is 132 Å². The fourth-order valence-electron chi connectivity index (χ4n) is 3.57. The summed E-state index contributed by atoms with van der Waals surface area (Å²) in [6.45, 7) is 9.77. The molecule has 0 spiro atoms. The van der Waals surface area contributed by atoms with Gasteiger partial charge in [-0.15, -0.1) is 0 Å². The van der Waals surface area contributed by atoms with Gasteiger partial charge in [0.1, 0.15) is 11.9 Å². The average Bonchev–Trinajstić information content (AvgIpc) is 2.55. The molecule has 2 fully saturated rings. The summed E-state index contributed by atoms with van der Waals surface area (Å²) in [6, 6.07) is 4.97. The van der Waals surface area contributed by atoms with Gasteiger partial charge in [0.05, 0.1) is 18.8 Å². The Bertz CT molecular complexity index is 567. The van der Waals surface area contributed by atoms with E-state index in [1.165, 1.54) is 0 Å². The minimum Gasteiger partial charge on any atom is -0.379 e. The van der Waals surface area contributed by atoms with Gasteiger partial charge in [0.15, 0.2) is 0 Å². The monoisotopic (exact) mass is 300 g/mol. The molecule has 0 aliphatic carbocycles. The number of rotatable bonds is 2. The van der Waals surface area contributed by atoms with Crippen molar-refractivity contribution < 1.29 is 4.74 Å². The van der Waals surface area contributed by atoms with Crippen molar-refractivity contribution in [3.05, 3.63) is 22.9 Å². The molecule has 5 heteroatoms. The molecule has 3 heterocycles. The number of anilines is 1. The van der Waals surface area contributed by atoms with E-state index in [9.17, 15) is 5.26 Å². The number of pyridine rings is 1. The molecule has 0 aromatic carbocycles. The van der Waals surface area contributed by atoms with Gasteiger partial charge in [-0.2, -0.15) is 5.26 Å². The highest BCUT2D eigenvalue weighted by Gasteiger charge is 2.27. The van der Waals surface area contributed by atoms with E-state index >= 15 is 0 Å². The summed E-state index contributed by atoms with van der Waals surface area (Å²) in [4.78, 5) is 9.48. The number of aromatic nitrogens is 1. The van der Waals surface area contributed by atoms with Crippen LogP contribution in [0.15, 0.2) is 6.07 Å². The van der Waals surface area contributed by atoms with Gasteiger partial charge in [-0.3, -0.25) is 4.90 Å². The molecule has 2 aliphatic rings. The molecule has 1 aromatic rings. The molecule has 2 aliphatic heterocycles. The summed E-state index contributed by atoms with van der Waals surface area (Å²) in [5.41, 5.74) is 2.75. The average molecular weight is 300 g/mol. The molecule has 118 valence electrons. The first-order valence-corrected chi connectivity index (χ1v) is 8.14. The first-order valence-electron chi connectivity index (χ1n) is 8.14. The zero-order valence-electron chi connectivity index (χ0n) is 13.5. The van der Waals surface area contributed by atoms with E-state index in [1.54, 1.807) is 0 Å². The Hall–Kier alpha value is -1.64. The van der Waals surface area contributed by atoms with E-state index in [2.05, 4.69) is 20.9 Å². The Morgan fingerprint density at radius 1 is 1.18 bits per heavy atom. The molecule has 1 aromatic heterocycles. The van der Waals surface area contributed by atoms with E-state index in [1.807, 2.05) is 19.9 Å². The third-order valence-electron chi connectivity index (χ3n) is 4.76. The lowest BCUT2D eigenvalue weighted by Crippen LogP contribution is -2.49. The van der Waals surface area contributed by atoms with Crippen LogP contribution < -0.4 is 4.90 Å². The second-order valence-electron chi connectivity index (χ2n) is 6.26. The van der Waals surface area contributed by atoms with E-state index < -0.39 is 0 Å². The fourth-order valence-corrected chi connectivity index (χ4v) is 3.57. The number of hydrogen-bond donors (Lipinski definition) is 0. The topological polar surface area (TPSA) is 52.4 Å². The zero-order chi connectivity index (χ0) is 15.5. The molecule has 5 nitrogen and oxygen atoms in total. The maximum absolute atomic E-state index is 9.44. The number of morpholine rings is 1. The van der Waals surface area contributed by atoms with Gasteiger partial charge >= 0.3 is 0 Å². The number of aryl methyl sites for hydroxylation is 2. The highest BCUT2D eigenvalue weighted by atomic mass is 16.5. The molecule has 0 unspecified atom stereocenters. The number of nitrogens with zero attached hydrogens (tertiary/aromatic N) is 4.